The molecule has 0 saturated carbocycles. The molecule has 0 aliphatic carbocycles. The Bertz CT molecular complexity index is 503. The highest BCUT2D eigenvalue weighted by atomic mass is 79.9. The minimum Gasteiger partial charge on any atom is -0.398 e. The number of hydrogen-bond donors (Lipinski definition) is 3. The summed E-state index contributed by atoms with van der Waals surface area (Å²) in [5.74, 6) is -0.183. The quantitative estimate of drug-likeness (QED) is 0.715. The average molecular weight is 342 g/mol. The number of anilines is 1. The van der Waals surface area contributed by atoms with E-state index in [1.165, 1.54) is 0 Å². The van der Waals surface area contributed by atoms with Crippen molar-refractivity contribution in [2.45, 2.75) is 26.3 Å². The molecule has 1 aromatic rings. The fraction of sp³-hybridized carbons (Fsp3) is 0.429. The van der Waals surface area contributed by atoms with Crippen LogP contribution in [-0.4, -0.2) is 24.9 Å². The summed E-state index contributed by atoms with van der Waals surface area (Å²) in [6, 6.07) is 4.38. The molecule has 1 aromatic carbocycles. The zero-order valence-electron chi connectivity index (χ0n) is 11.9. The first kappa shape index (κ1) is 16.5. The molecular weight excluding hydrogens is 322 g/mol. The third-order valence-corrected chi connectivity index (χ3v) is 3.52. The summed E-state index contributed by atoms with van der Waals surface area (Å²) in [5.41, 5.74) is 6.71. The monoisotopic (exact) mass is 341 g/mol. The van der Waals surface area contributed by atoms with E-state index in [0.29, 0.717) is 28.1 Å². The molecule has 110 valence electrons. The van der Waals surface area contributed by atoms with Crippen molar-refractivity contribution in [3.63, 3.8) is 0 Å². The number of nitrogen functional groups attached to an aromatic ring is 1. The van der Waals surface area contributed by atoms with Crippen LogP contribution < -0.4 is 16.4 Å². The molecule has 0 aliphatic rings. The lowest BCUT2D eigenvalue weighted by Crippen LogP contribution is -2.46. The fourth-order valence-corrected chi connectivity index (χ4v) is 2.17. The molecule has 20 heavy (non-hydrogen) atoms. The zero-order valence-corrected chi connectivity index (χ0v) is 13.5. The Kier molecular flexibility index (Phi) is 6.01. The van der Waals surface area contributed by atoms with Crippen LogP contribution in [0.1, 0.15) is 30.6 Å². The Hall–Kier alpha value is -1.56. The molecule has 5 nitrogen and oxygen atoms in total. The molecule has 0 spiro atoms. The second-order valence-corrected chi connectivity index (χ2v) is 5.86. The van der Waals surface area contributed by atoms with Crippen molar-refractivity contribution in [2.75, 3.05) is 12.8 Å². The van der Waals surface area contributed by atoms with Gasteiger partial charge >= 0.3 is 0 Å². The standard InChI is InChI=1S/C14H20BrN3O2/c1-8(2)6-12(14(20)17-3)18-13(19)9-4-5-11(16)10(15)7-9/h4-5,7-8,12H,6,16H2,1-3H3,(H,17,20)(H,18,19). The number of nitrogens with one attached hydrogen (secondary N) is 2. The molecule has 2 amide bonds. The number of benzene rings is 1. The van der Waals surface area contributed by atoms with Gasteiger partial charge in [0.25, 0.3) is 5.91 Å². The van der Waals surface area contributed by atoms with Gasteiger partial charge in [0.15, 0.2) is 0 Å². The molecule has 4 N–H and O–H groups in total. The Labute approximate surface area is 127 Å². The van der Waals surface area contributed by atoms with Crippen LogP contribution in [0.3, 0.4) is 0 Å². The van der Waals surface area contributed by atoms with Gasteiger partial charge in [0, 0.05) is 22.8 Å². The van der Waals surface area contributed by atoms with Crippen molar-refractivity contribution >= 4 is 33.4 Å². The van der Waals surface area contributed by atoms with E-state index < -0.39 is 6.04 Å². The first-order valence-corrected chi connectivity index (χ1v) is 7.22. The minimum absolute atomic E-state index is 0.193. The van der Waals surface area contributed by atoms with Crippen molar-refractivity contribution in [3.8, 4) is 0 Å². The number of halogens is 1. The Morgan fingerprint density at radius 1 is 1.35 bits per heavy atom. The van der Waals surface area contributed by atoms with Gasteiger partial charge in [-0.3, -0.25) is 9.59 Å². The van der Waals surface area contributed by atoms with Gasteiger partial charge in [-0.25, -0.2) is 0 Å². The molecule has 6 heteroatoms. The molecular formula is C14H20BrN3O2. The Morgan fingerprint density at radius 3 is 2.50 bits per heavy atom. The van der Waals surface area contributed by atoms with Gasteiger partial charge in [0.2, 0.25) is 5.91 Å². The SMILES string of the molecule is CNC(=O)C(CC(C)C)NC(=O)c1ccc(N)c(Br)c1. The molecule has 1 unspecified atom stereocenters. The van der Waals surface area contributed by atoms with Gasteiger partial charge < -0.3 is 16.4 Å². The minimum atomic E-state index is -0.538. The number of carbonyl (C=O) groups excluding carboxylic acids is 2. The van der Waals surface area contributed by atoms with Crippen molar-refractivity contribution in [3.05, 3.63) is 28.2 Å². The fourth-order valence-electron chi connectivity index (χ4n) is 1.79. The van der Waals surface area contributed by atoms with Gasteiger partial charge in [0.1, 0.15) is 6.04 Å². The summed E-state index contributed by atoms with van der Waals surface area (Å²) >= 11 is 3.28. The highest BCUT2D eigenvalue weighted by Crippen LogP contribution is 2.20. The van der Waals surface area contributed by atoms with E-state index in [4.69, 9.17) is 5.73 Å². The van der Waals surface area contributed by atoms with Crippen LogP contribution in [0.25, 0.3) is 0 Å². The molecule has 0 saturated heterocycles. The van der Waals surface area contributed by atoms with Crippen LogP contribution in [0.4, 0.5) is 5.69 Å². The lowest BCUT2D eigenvalue weighted by atomic mass is 10.0. The van der Waals surface area contributed by atoms with Gasteiger partial charge in [-0.1, -0.05) is 13.8 Å². The smallest absolute Gasteiger partial charge is 0.251 e. The predicted octanol–water partition coefficient (Wildman–Crippen LogP) is 1.92. The maximum atomic E-state index is 12.2. The lowest BCUT2D eigenvalue weighted by Gasteiger charge is -2.19. The van der Waals surface area contributed by atoms with E-state index >= 15 is 0 Å². The molecule has 0 radical (unpaired) electrons. The van der Waals surface area contributed by atoms with Crippen LogP contribution in [0.15, 0.2) is 22.7 Å². The van der Waals surface area contributed by atoms with E-state index in [2.05, 4.69) is 26.6 Å². The van der Waals surface area contributed by atoms with Gasteiger partial charge in [0.05, 0.1) is 0 Å². The van der Waals surface area contributed by atoms with E-state index in [1.807, 2.05) is 13.8 Å². The van der Waals surface area contributed by atoms with Gasteiger partial charge in [-0.2, -0.15) is 0 Å². The van der Waals surface area contributed by atoms with Gasteiger partial charge in [-0.15, -0.1) is 0 Å². The summed E-state index contributed by atoms with van der Waals surface area (Å²) in [5, 5.41) is 5.31. The molecule has 0 bridgehead atoms. The number of rotatable bonds is 5. The lowest BCUT2D eigenvalue weighted by molar-refractivity contribution is -0.122. The normalized spacial score (nSPS) is 12.1. The van der Waals surface area contributed by atoms with E-state index in [0.717, 1.165) is 0 Å². The third-order valence-electron chi connectivity index (χ3n) is 2.84. The molecule has 0 aliphatic heterocycles. The average Bonchev–Trinajstić information content (AvgIpc) is 2.39. The third kappa shape index (κ3) is 4.52. The van der Waals surface area contributed by atoms with Crippen molar-refractivity contribution in [1.29, 1.82) is 0 Å². The number of likely N-dealkylation sites (N-methyl/N-ethyl adjacent to an activating group) is 1. The van der Waals surface area contributed by atoms with E-state index in [-0.39, 0.29) is 11.8 Å². The zero-order chi connectivity index (χ0) is 15.3. The topological polar surface area (TPSA) is 84.2 Å². The van der Waals surface area contributed by atoms with Crippen molar-refractivity contribution in [2.24, 2.45) is 5.92 Å². The van der Waals surface area contributed by atoms with Crippen LogP contribution in [-0.2, 0) is 4.79 Å². The first-order valence-electron chi connectivity index (χ1n) is 6.42. The maximum Gasteiger partial charge on any atom is 0.251 e. The highest BCUT2D eigenvalue weighted by molar-refractivity contribution is 9.10. The maximum absolute atomic E-state index is 12.2. The van der Waals surface area contributed by atoms with Crippen LogP contribution in [0.2, 0.25) is 0 Å². The number of amides is 2. The largest absolute Gasteiger partial charge is 0.398 e. The van der Waals surface area contributed by atoms with Crippen LogP contribution in [0.5, 0.6) is 0 Å². The number of hydrogen-bond acceptors (Lipinski definition) is 3. The Morgan fingerprint density at radius 2 is 2.00 bits per heavy atom. The number of nitrogens with two attached hydrogens (primary N) is 1. The van der Waals surface area contributed by atoms with Gasteiger partial charge in [-0.05, 0) is 46.5 Å². The highest BCUT2D eigenvalue weighted by Gasteiger charge is 2.21. The second-order valence-electron chi connectivity index (χ2n) is 5.01. The summed E-state index contributed by atoms with van der Waals surface area (Å²) in [7, 11) is 1.56. The van der Waals surface area contributed by atoms with E-state index in [9.17, 15) is 9.59 Å². The molecule has 1 rings (SSSR count). The summed E-state index contributed by atoms with van der Waals surface area (Å²) in [6.45, 7) is 4.00. The van der Waals surface area contributed by atoms with Crippen molar-refractivity contribution < 1.29 is 9.59 Å². The summed E-state index contributed by atoms with van der Waals surface area (Å²) in [6.07, 6.45) is 0.585. The molecule has 0 heterocycles. The first-order chi connectivity index (χ1) is 9.35. The van der Waals surface area contributed by atoms with E-state index in [1.54, 1.807) is 25.2 Å². The number of carbonyl (C=O) groups is 2. The van der Waals surface area contributed by atoms with Crippen LogP contribution in [0, 0.1) is 5.92 Å². The second kappa shape index (κ2) is 7.28. The molecule has 0 fully saturated rings. The van der Waals surface area contributed by atoms with Crippen molar-refractivity contribution in [1.82, 2.24) is 10.6 Å². The summed E-state index contributed by atoms with van der Waals surface area (Å²) < 4.78 is 0.658. The molecule has 0 aromatic heterocycles. The summed E-state index contributed by atoms with van der Waals surface area (Å²) in [4.78, 5) is 23.9. The van der Waals surface area contributed by atoms with Crippen LogP contribution >= 0.6 is 15.9 Å². The predicted molar refractivity (Wildman–Crippen MR) is 83.3 cm³/mol. The Balaban J connectivity index is 2.84. The molecule has 1 atom stereocenters.